The van der Waals surface area contributed by atoms with Gasteiger partial charge in [0.1, 0.15) is 18.1 Å². The average Bonchev–Trinajstić information content (AvgIpc) is 2.88. The summed E-state index contributed by atoms with van der Waals surface area (Å²) in [6.45, 7) is 4.73. The molecule has 1 aromatic rings. The number of quaternary nitrogens is 1. The molecule has 1 atom stereocenters. The van der Waals surface area contributed by atoms with E-state index in [0.29, 0.717) is 17.4 Å². The molecule has 1 aromatic heterocycles. The zero-order valence-electron chi connectivity index (χ0n) is 18.3. The smallest absolute Gasteiger partial charge is 0.307 e. The summed E-state index contributed by atoms with van der Waals surface area (Å²) in [6, 6.07) is 2.14. The fraction of sp³-hybridized carbons (Fsp3) is 0.727. The SMILES string of the molecule is CCCc1cc(C)c(CCCCCCC(=O)OC(CC(=O)O)C[N+](C)(C)C)o1. The van der Waals surface area contributed by atoms with Gasteiger partial charge in [-0.1, -0.05) is 19.8 Å². The number of rotatable bonds is 14. The van der Waals surface area contributed by atoms with Gasteiger partial charge < -0.3 is 18.7 Å². The lowest BCUT2D eigenvalue weighted by atomic mass is 10.1. The second-order valence-corrected chi connectivity index (χ2v) is 8.67. The number of likely N-dealkylation sites (N-methyl/N-ethyl adjacent to an activating group) is 1. The Hall–Kier alpha value is -1.82. The van der Waals surface area contributed by atoms with Crippen molar-refractivity contribution in [1.29, 1.82) is 0 Å². The number of hydrogen-bond donors (Lipinski definition) is 1. The summed E-state index contributed by atoms with van der Waals surface area (Å²) in [5.74, 6) is 0.912. The molecule has 1 unspecified atom stereocenters. The van der Waals surface area contributed by atoms with E-state index in [-0.39, 0.29) is 12.4 Å². The second-order valence-electron chi connectivity index (χ2n) is 8.67. The minimum Gasteiger partial charge on any atom is -0.481 e. The largest absolute Gasteiger partial charge is 0.481 e. The van der Waals surface area contributed by atoms with Crippen molar-refractivity contribution < 1.29 is 28.3 Å². The zero-order chi connectivity index (χ0) is 21.2. The summed E-state index contributed by atoms with van der Waals surface area (Å²) in [5, 5.41) is 9.01. The molecule has 0 saturated heterocycles. The third-order valence-electron chi connectivity index (χ3n) is 4.55. The van der Waals surface area contributed by atoms with Crippen LogP contribution in [0.25, 0.3) is 0 Å². The minimum atomic E-state index is -0.943. The van der Waals surface area contributed by atoms with Crippen LogP contribution in [0.5, 0.6) is 0 Å². The first kappa shape index (κ1) is 24.2. The monoisotopic (exact) mass is 396 g/mol. The molecule has 1 N–H and O–H groups in total. The van der Waals surface area contributed by atoms with Gasteiger partial charge in [-0.15, -0.1) is 0 Å². The maximum atomic E-state index is 12.0. The normalized spacial score (nSPS) is 12.8. The Kier molecular flexibility index (Phi) is 10.3. The van der Waals surface area contributed by atoms with Gasteiger partial charge in [-0.05, 0) is 37.8 Å². The molecule has 0 amide bonds. The van der Waals surface area contributed by atoms with Gasteiger partial charge in [-0.25, -0.2) is 0 Å². The van der Waals surface area contributed by atoms with Crippen molar-refractivity contribution in [3.8, 4) is 0 Å². The molecular weight excluding hydrogens is 358 g/mol. The molecule has 6 heteroatoms. The van der Waals surface area contributed by atoms with E-state index >= 15 is 0 Å². The predicted molar refractivity (Wildman–Crippen MR) is 109 cm³/mol. The lowest BCUT2D eigenvalue weighted by molar-refractivity contribution is -0.873. The van der Waals surface area contributed by atoms with E-state index in [1.807, 2.05) is 21.1 Å². The van der Waals surface area contributed by atoms with E-state index in [1.54, 1.807) is 0 Å². The van der Waals surface area contributed by atoms with Crippen LogP contribution in [0.2, 0.25) is 0 Å². The maximum Gasteiger partial charge on any atom is 0.307 e. The van der Waals surface area contributed by atoms with Gasteiger partial charge in [0, 0.05) is 19.3 Å². The van der Waals surface area contributed by atoms with Gasteiger partial charge in [-0.2, -0.15) is 0 Å². The lowest BCUT2D eigenvalue weighted by Gasteiger charge is -2.28. The van der Waals surface area contributed by atoms with Gasteiger partial charge >= 0.3 is 11.9 Å². The van der Waals surface area contributed by atoms with Crippen molar-refractivity contribution in [3.05, 3.63) is 23.2 Å². The number of nitrogens with zero attached hydrogens (tertiary/aromatic N) is 1. The number of furan rings is 1. The van der Waals surface area contributed by atoms with E-state index in [1.165, 1.54) is 5.56 Å². The summed E-state index contributed by atoms with van der Waals surface area (Å²) < 4.78 is 11.8. The van der Waals surface area contributed by atoms with Crippen LogP contribution >= 0.6 is 0 Å². The molecule has 0 aromatic carbocycles. The fourth-order valence-electron chi connectivity index (χ4n) is 3.31. The van der Waals surface area contributed by atoms with Gasteiger partial charge in [0.2, 0.25) is 0 Å². The molecule has 0 aliphatic heterocycles. The quantitative estimate of drug-likeness (QED) is 0.291. The van der Waals surface area contributed by atoms with Gasteiger partial charge in [0.15, 0.2) is 6.10 Å². The first-order valence-electron chi connectivity index (χ1n) is 10.4. The molecule has 6 nitrogen and oxygen atoms in total. The molecule has 0 bridgehead atoms. The molecule has 0 saturated carbocycles. The number of ether oxygens (including phenoxy) is 1. The van der Waals surface area contributed by atoms with Crippen LogP contribution in [0.3, 0.4) is 0 Å². The van der Waals surface area contributed by atoms with Crippen LogP contribution in [0.1, 0.15) is 69.0 Å². The van der Waals surface area contributed by atoms with Gasteiger partial charge in [0.05, 0.1) is 27.6 Å². The van der Waals surface area contributed by atoms with Crippen molar-refractivity contribution in [1.82, 2.24) is 0 Å². The number of aliphatic carboxylic acids is 1. The van der Waals surface area contributed by atoms with Crippen molar-refractivity contribution in [3.63, 3.8) is 0 Å². The third kappa shape index (κ3) is 10.5. The molecular formula is C22H38NO5+. The Labute approximate surface area is 169 Å². The average molecular weight is 397 g/mol. The van der Waals surface area contributed by atoms with Gasteiger partial charge in [0.25, 0.3) is 0 Å². The Morgan fingerprint density at radius 2 is 1.82 bits per heavy atom. The molecule has 1 rings (SSSR count). The Morgan fingerprint density at radius 3 is 2.43 bits per heavy atom. The number of carbonyl (C=O) groups is 2. The molecule has 0 fully saturated rings. The summed E-state index contributed by atoms with van der Waals surface area (Å²) in [6.07, 6.45) is 6.42. The van der Waals surface area contributed by atoms with Crippen LogP contribution in [-0.2, 0) is 27.2 Å². The zero-order valence-corrected chi connectivity index (χ0v) is 18.3. The van der Waals surface area contributed by atoms with E-state index in [0.717, 1.165) is 56.5 Å². The van der Waals surface area contributed by atoms with Crippen LogP contribution in [0.15, 0.2) is 10.5 Å². The highest BCUT2D eigenvalue weighted by Crippen LogP contribution is 2.19. The Bertz CT molecular complexity index is 615. The summed E-state index contributed by atoms with van der Waals surface area (Å²) in [5.41, 5.74) is 1.23. The minimum absolute atomic E-state index is 0.149. The van der Waals surface area contributed by atoms with E-state index in [2.05, 4.69) is 19.9 Å². The van der Waals surface area contributed by atoms with E-state index in [4.69, 9.17) is 14.3 Å². The molecule has 0 aliphatic carbocycles. The highest BCUT2D eigenvalue weighted by atomic mass is 16.5. The number of carbonyl (C=O) groups excluding carboxylic acids is 1. The van der Waals surface area contributed by atoms with Crippen molar-refractivity contribution in [2.45, 2.75) is 77.7 Å². The lowest BCUT2D eigenvalue weighted by Crippen LogP contribution is -2.43. The Morgan fingerprint density at radius 1 is 1.14 bits per heavy atom. The van der Waals surface area contributed by atoms with Crippen LogP contribution in [-0.4, -0.2) is 55.3 Å². The Balaban J connectivity index is 2.25. The number of unbranched alkanes of at least 4 members (excludes halogenated alkanes) is 3. The first-order valence-corrected chi connectivity index (χ1v) is 10.4. The number of carboxylic acid groups (broad SMARTS) is 1. The van der Waals surface area contributed by atoms with Crippen molar-refractivity contribution in [2.75, 3.05) is 27.7 Å². The summed E-state index contributed by atoms with van der Waals surface area (Å²) in [7, 11) is 5.86. The van der Waals surface area contributed by atoms with Crippen molar-refractivity contribution in [2.24, 2.45) is 0 Å². The highest BCUT2D eigenvalue weighted by molar-refractivity contribution is 5.71. The number of carboxylic acids is 1. The summed E-state index contributed by atoms with van der Waals surface area (Å²) in [4.78, 5) is 23.0. The molecule has 160 valence electrons. The molecule has 0 radical (unpaired) electrons. The van der Waals surface area contributed by atoms with Gasteiger partial charge in [-0.3, -0.25) is 9.59 Å². The standard InChI is InChI=1S/C22H37NO5/c1-6-11-18-14-17(2)20(27-18)12-9-7-8-10-13-22(26)28-19(15-21(24)25)16-23(3,4)5/h14,19H,6-13,15-16H2,1-5H3/p+1. The number of esters is 1. The number of aryl methyl sites for hydroxylation is 3. The molecule has 0 spiro atoms. The van der Waals surface area contributed by atoms with E-state index in [9.17, 15) is 9.59 Å². The molecule has 1 heterocycles. The third-order valence-corrected chi connectivity index (χ3v) is 4.55. The van der Waals surface area contributed by atoms with Crippen LogP contribution in [0.4, 0.5) is 0 Å². The van der Waals surface area contributed by atoms with Crippen LogP contribution in [0, 0.1) is 6.92 Å². The van der Waals surface area contributed by atoms with Crippen LogP contribution < -0.4 is 0 Å². The highest BCUT2D eigenvalue weighted by Gasteiger charge is 2.24. The second kappa shape index (κ2) is 11.9. The predicted octanol–water partition coefficient (Wildman–Crippen LogP) is 4.13. The topological polar surface area (TPSA) is 76.7 Å². The summed E-state index contributed by atoms with van der Waals surface area (Å²) >= 11 is 0. The molecule has 0 aliphatic rings. The first-order chi connectivity index (χ1) is 13.1. The van der Waals surface area contributed by atoms with E-state index < -0.39 is 12.1 Å². The molecule has 28 heavy (non-hydrogen) atoms. The van der Waals surface area contributed by atoms with Crippen molar-refractivity contribution >= 4 is 11.9 Å². The number of hydrogen-bond acceptors (Lipinski definition) is 4. The maximum absolute atomic E-state index is 12.0. The fourth-order valence-corrected chi connectivity index (χ4v) is 3.31.